The Morgan fingerprint density at radius 1 is 1.21 bits per heavy atom. The molecule has 1 heterocycles. The Morgan fingerprint density at radius 3 is 2.58 bits per heavy atom. The number of nitriles is 1. The molecule has 4 nitrogen and oxygen atoms in total. The first-order valence-corrected chi connectivity index (χ1v) is 8.03. The van der Waals surface area contributed by atoms with E-state index in [1.54, 1.807) is 30.3 Å². The molecule has 1 atom stereocenters. The number of benzene rings is 2. The first-order valence-electron chi connectivity index (χ1n) is 7.27. The molecule has 1 unspecified atom stereocenters. The number of carbonyl (C=O) groups excluding carboxylic acids is 1. The van der Waals surface area contributed by atoms with Crippen molar-refractivity contribution in [2.45, 2.75) is 13.0 Å². The zero-order chi connectivity index (χ0) is 17.3. The van der Waals surface area contributed by atoms with Crippen molar-refractivity contribution in [1.82, 2.24) is 10.3 Å². The normalized spacial score (nSPS) is 11.9. The van der Waals surface area contributed by atoms with Crippen molar-refractivity contribution in [2.24, 2.45) is 0 Å². The smallest absolute Gasteiger partial charge is 0.269 e. The molecular formula is C18H13Cl2N3O. The van der Waals surface area contributed by atoms with Crippen LogP contribution in [0.4, 0.5) is 0 Å². The molecule has 1 amide bonds. The molecule has 0 saturated carbocycles. The van der Waals surface area contributed by atoms with Crippen molar-refractivity contribution in [3.63, 3.8) is 0 Å². The lowest BCUT2D eigenvalue weighted by molar-refractivity contribution is 0.0936. The van der Waals surface area contributed by atoms with Gasteiger partial charge in [0.25, 0.3) is 5.91 Å². The van der Waals surface area contributed by atoms with Crippen LogP contribution in [0, 0.1) is 11.3 Å². The van der Waals surface area contributed by atoms with Crippen LogP contribution in [0.15, 0.2) is 42.5 Å². The highest BCUT2D eigenvalue weighted by Crippen LogP contribution is 2.30. The number of H-pyrrole nitrogens is 1. The number of aromatic amines is 1. The third kappa shape index (κ3) is 3.09. The highest BCUT2D eigenvalue weighted by Gasteiger charge is 2.18. The lowest BCUT2D eigenvalue weighted by Gasteiger charge is -2.14. The zero-order valence-electron chi connectivity index (χ0n) is 12.7. The van der Waals surface area contributed by atoms with E-state index >= 15 is 0 Å². The number of hydrogen-bond donors (Lipinski definition) is 2. The highest BCUT2D eigenvalue weighted by molar-refractivity contribution is 6.39. The lowest BCUT2D eigenvalue weighted by atomic mass is 10.1. The minimum absolute atomic E-state index is 0.226. The summed E-state index contributed by atoms with van der Waals surface area (Å²) in [6.07, 6.45) is 0. The number of halogens is 2. The zero-order valence-corrected chi connectivity index (χ0v) is 14.2. The average Bonchev–Trinajstić information content (AvgIpc) is 2.91. The van der Waals surface area contributed by atoms with Crippen molar-refractivity contribution in [3.05, 3.63) is 69.3 Å². The summed E-state index contributed by atoms with van der Waals surface area (Å²) in [6, 6.07) is 14.1. The molecule has 0 spiro atoms. The molecule has 3 aromatic rings. The number of hydrogen-bond acceptors (Lipinski definition) is 2. The Hall–Kier alpha value is -2.48. The molecule has 24 heavy (non-hydrogen) atoms. The van der Waals surface area contributed by atoms with Crippen LogP contribution in [0.2, 0.25) is 10.0 Å². The van der Waals surface area contributed by atoms with Crippen molar-refractivity contribution in [1.29, 1.82) is 5.26 Å². The third-order valence-electron chi connectivity index (χ3n) is 3.81. The molecule has 2 aromatic carbocycles. The number of aromatic nitrogens is 1. The van der Waals surface area contributed by atoms with Gasteiger partial charge in [-0.1, -0.05) is 35.3 Å². The molecule has 6 heteroatoms. The van der Waals surface area contributed by atoms with Crippen molar-refractivity contribution in [2.75, 3.05) is 0 Å². The molecule has 0 aliphatic rings. The average molecular weight is 358 g/mol. The summed E-state index contributed by atoms with van der Waals surface area (Å²) < 4.78 is 0. The fraction of sp³-hybridized carbons (Fsp3) is 0.111. The number of amides is 1. The predicted molar refractivity (Wildman–Crippen MR) is 95.4 cm³/mol. The third-order valence-corrected chi connectivity index (χ3v) is 4.44. The monoisotopic (exact) mass is 357 g/mol. The van der Waals surface area contributed by atoms with E-state index in [4.69, 9.17) is 28.5 Å². The van der Waals surface area contributed by atoms with E-state index in [1.165, 1.54) is 0 Å². The van der Waals surface area contributed by atoms with Gasteiger partial charge in [0.2, 0.25) is 0 Å². The maximum atomic E-state index is 12.5. The van der Waals surface area contributed by atoms with Crippen molar-refractivity contribution < 1.29 is 4.79 Å². The van der Waals surface area contributed by atoms with Crippen LogP contribution < -0.4 is 5.32 Å². The van der Waals surface area contributed by atoms with Crippen LogP contribution in [-0.2, 0) is 0 Å². The van der Waals surface area contributed by atoms with Gasteiger partial charge in [-0.15, -0.1) is 0 Å². The minimum Gasteiger partial charge on any atom is -0.349 e. The maximum absolute atomic E-state index is 12.5. The van der Waals surface area contributed by atoms with E-state index in [0.717, 1.165) is 11.1 Å². The molecule has 0 aliphatic carbocycles. The van der Waals surface area contributed by atoms with E-state index in [9.17, 15) is 4.79 Å². The first-order chi connectivity index (χ1) is 11.5. The van der Waals surface area contributed by atoms with Crippen LogP contribution in [0.3, 0.4) is 0 Å². The lowest BCUT2D eigenvalue weighted by Crippen LogP contribution is -2.27. The molecular weight excluding hydrogens is 345 g/mol. The molecule has 0 bridgehead atoms. The van der Waals surface area contributed by atoms with Gasteiger partial charge in [0.15, 0.2) is 0 Å². The number of nitrogens with one attached hydrogen (secondary N) is 2. The van der Waals surface area contributed by atoms with Gasteiger partial charge in [-0.2, -0.15) is 5.26 Å². The van der Waals surface area contributed by atoms with Gasteiger partial charge in [0.1, 0.15) is 5.69 Å². The standard InChI is InChI=1S/C18H13Cl2N3O/c1-10(12-4-2-11(9-21)3-5-12)22-18(24)17-16(20)14-8-13(19)6-7-15(14)23-17/h2-8,10,23H,1H3,(H,22,24). The number of rotatable bonds is 3. The maximum Gasteiger partial charge on any atom is 0.269 e. The number of fused-ring (bicyclic) bond motifs is 1. The van der Waals surface area contributed by atoms with E-state index in [2.05, 4.69) is 16.4 Å². The Labute approximate surface area is 149 Å². The quantitative estimate of drug-likeness (QED) is 0.704. The van der Waals surface area contributed by atoms with Gasteiger partial charge in [0.05, 0.1) is 22.7 Å². The summed E-state index contributed by atoms with van der Waals surface area (Å²) in [7, 11) is 0. The Balaban J connectivity index is 1.84. The first kappa shape index (κ1) is 16.4. The summed E-state index contributed by atoms with van der Waals surface area (Å²) in [6.45, 7) is 1.87. The molecule has 3 rings (SSSR count). The largest absolute Gasteiger partial charge is 0.349 e. The second-order valence-electron chi connectivity index (χ2n) is 5.43. The SMILES string of the molecule is CC(NC(=O)c1[nH]c2ccc(Cl)cc2c1Cl)c1ccc(C#N)cc1. The summed E-state index contributed by atoms with van der Waals surface area (Å²) in [4.78, 5) is 15.5. The van der Waals surface area contributed by atoms with Gasteiger partial charge in [0, 0.05) is 15.9 Å². The molecule has 0 radical (unpaired) electrons. The van der Waals surface area contributed by atoms with E-state index in [0.29, 0.717) is 26.7 Å². The summed E-state index contributed by atoms with van der Waals surface area (Å²) in [5.41, 5.74) is 2.53. The molecule has 1 aromatic heterocycles. The van der Waals surface area contributed by atoms with Crippen molar-refractivity contribution in [3.8, 4) is 6.07 Å². The van der Waals surface area contributed by atoms with Crippen LogP contribution in [0.5, 0.6) is 0 Å². The topological polar surface area (TPSA) is 68.7 Å². The van der Waals surface area contributed by atoms with Gasteiger partial charge in [-0.3, -0.25) is 4.79 Å². The van der Waals surface area contributed by atoms with Crippen LogP contribution >= 0.6 is 23.2 Å². The molecule has 120 valence electrons. The Kier molecular flexibility index (Phi) is 4.48. The van der Waals surface area contributed by atoms with E-state index in [1.807, 2.05) is 19.1 Å². The molecule has 0 fully saturated rings. The molecule has 0 saturated heterocycles. The minimum atomic E-state index is -0.302. The second kappa shape index (κ2) is 6.56. The summed E-state index contributed by atoms with van der Waals surface area (Å²) in [5, 5.41) is 13.3. The summed E-state index contributed by atoms with van der Waals surface area (Å²) >= 11 is 12.3. The fourth-order valence-corrected chi connectivity index (χ4v) is 2.95. The number of nitrogens with zero attached hydrogens (tertiary/aromatic N) is 1. The number of carbonyl (C=O) groups is 1. The van der Waals surface area contributed by atoms with Gasteiger partial charge in [-0.05, 0) is 42.8 Å². The van der Waals surface area contributed by atoms with E-state index < -0.39 is 0 Å². The van der Waals surface area contributed by atoms with Gasteiger partial charge < -0.3 is 10.3 Å². The second-order valence-corrected chi connectivity index (χ2v) is 6.25. The fourth-order valence-electron chi connectivity index (χ4n) is 2.49. The Bertz CT molecular complexity index is 955. The van der Waals surface area contributed by atoms with Crippen LogP contribution in [0.1, 0.15) is 34.6 Å². The Morgan fingerprint density at radius 2 is 1.92 bits per heavy atom. The van der Waals surface area contributed by atoms with Crippen molar-refractivity contribution >= 4 is 40.0 Å². The molecule has 0 aliphatic heterocycles. The van der Waals surface area contributed by atoms with E-state index in [-0.39, 0.29) is 11.9 Å². The molecule has 2 N–H and O–H groups in total. The van der Waals surface area contributed by atoms with Gasteiger partial charge in [-0.25, -0.2) is 0 Å². The van der Waals surface area contributed by atoms with Gasteiger partial charge >= 0.3 is 0 Å². The van der Waals surface area contributed by atoms with Crippen LogP contribution in [-0.4, -0.2) is 10.9 Å². The summed E-state index contributed by atoms with van der Waals surface area (Å²) in [5.74, 6) is -0.302. The predicted octanol–water partition coefficient (Wildman–Crippen LogP) is 4.84. The highest BCUT2D eigenvalue weighted by atomic mass is 35.5. The van der Waals surface area contributed by atoms with Crippen LogP contribution in [0.25, 0.3) is 10.9 Å².